The van der Waals surface area contributed by atoms with Crippen LogP contribution in [0, 0.1) is 0 Å². The minimum Gasteiger partial charge on any atom is -0.507 e. The lowest BCUT2D eigenvalue weighted by Gasteiger charge is -2.06. The number of nitrogens with zero attached hydrogens (tertiary/aromatic N) is 1. The number of carbonyl (C=O) groups is 1. The number of fused-ring (bicyclic) bond motifs is 1. The maximum absolute atomic E-state index is 11.7. The molecule has 0 aromatic heterocycles. The number of para-hydroxylation sites is 1. The van der Waals surface area contributed by atoms with Crippen molar-refractivity contribution in [1.29, 1.82) is 0 Å². The van der Waals surface area contributed by atoms with Gasteiger partial charge in [-0.05, 0) is 35.0 Å². The zero-order valence-corrected chi connectivity index (χ0v) is 12.8. The molecular formula is C19H16N2O3. The maximum atomic E-state index is 11.7. The zero-order chi connectivity index (χ0) is 16.8. The first-order valence-corrected chi connectivity index (χ1v) is 7.44. The molecule has 0 heterocycles. The number of hydrogen-bond acceptors (Lipinski definition) is 4. The van der Waals surface area contributed by atoms with Crippen LogP contribution in [0.3, 0.4) is 0 Å². The summed E-state index contributed by atoms with van der Waals surface area (Å²) in [6.07, 6.45) is 1.38. The number of phenolic OH excluding ortho intramolecular Hbond substituents is 1. The molecule has 0 spiro atoms. The average molecular weight is 320 g/mol. The molecule has 0 unspecified atom stereocenters. The number of carbonyl (C=O) groups excluding carboxylic acids is 1. The minimum atomic E-state index is -0.380. The predicted octanol–water partition coefficient (Wildman–Crippen LogP) is 3.07. The Kier molecular flexibility index (Phi) is 4.72. The molecule has 0 aliphatic heterocycles. The van der Waals surface area contributed by atoms with Gasteiger partial charge in [-0.1, -0.05) is 42.5 Å². The molecule has 5 nitrogen and oxygen atoms in total. The number of hydrazone groups is 1. The van der Waals surface area contributed by atoms with Gasteiger partial charge in [0.25, 0.3) is 5.91 Å². The molecule has 3 aromatic rings. The fourth-order valence-corrected chi connectivity index (χ4v) is 2.21. The number of phenols is 1. The van der Waals surface area contributed by atoms with E-state index < -0.39 is 0 Å². The van der Waals surface area contributed by atoms with Crippen LogP contribution in [0.15, 0.2) is 71.8 Å². The minimum absolute atomic E-state index is 0.0999. The summed E-state index contributed by atoms with van der Waals surface area (Å²) in [5.41, 5.74) is 2.88. The quantitative estimate of drug-likeness (QED) is 0.560. The molecule has 5 heteroatoms. The fraction of sp³-hybridized carbons (Fsp3) is 0.0526. The average Bonchev–Trinajstić information content (AvgIpc) is 2.61. The third-order valence-electron chi connectivity index (χ3n) is 3.42. The largest absolute Gasteiger partial charge is 0.507 e. The molecule has 0 saturated carbocycles. The Morgan fingerprint density at radius 1 is 1.04 bits per heavy atom. The van der Waals surface area contributed by atoms with Gasteiger partial charge in [-0.15, -0.1) is 0 Å². The van der Waals surface area contributed by atoms with E-state index in [9.17, 15) is 9.90 Å². The maximum Gasteiger partial charge on any atom is 0.277 e. The van der Waals surface area contributed by atoms with E-state index in [2.05, 4.69) is 10.5 Å². The number of rotatable bonds is 5. The Morgan fingerprint density at radius 2 is 1.79 bits per heavy atom. The Hall–Kier alpha value is -3.34. The van der Waals surface area contributed by atoms with E-state index >= 15 is 0 Å². The highest BCUT2D eigenvalue weighted by Gasteiger charge is 2.03. The van der Waals surface area contributed by atoms with Crippen molar-refractivity contribution < 1.29 is 14.6 Å². The summed E-state index contributed by atoms with van der Waals surface area (Å²) in [5.74, 6) is 0.339. The predicted molar refractivity (Wildman–Crippen MR) is 93.3 cm³/mol. The monoisotopic (exact) mass is 320 g/mol. The number of amides is 1. The van der Waals surface area contributed by atoms with Gasteiger partial charge in [0.2, 0.25) is 0 Å². The van der Waals surface area contributed by atoms with E-state index in [0.717, 1.165) is 10.8 Å². The Morgan fingerprint density at radius 3 is 2.62 bits per heavy atom. The van der Waals surface area contributed by atoms with Crippen LogP contribution in [0.5, 0.6) is 11.5 Å². The molecule has 0 bridgehead atoms. The van der Waals surface area contributed by atoms with Crippen LogP contribution in [0.25, 0.3) is 10.8 Å². The fourth-order valence-electron chi connectivity index (χ4n) is 2.21. The lowest BCUT2D eigenvalue weighted by molar-refractivity contribution is -0.123. The van der Waals surface area contributed by atoms with Gasteiger partial charge in [-0.25, -0.2) is 5.43 Å². The van der Waals surface area contributed by atoms with Crippen LogP contribution in [0.4, 0.5) is 0 Å². The lowest BCUT2D eigenvalue weighted by atomic mass is 10.1. The van der Waals surface area contributed by atoms with Crippen LogP contribution in [0.2, 0.25) is 0 Å². The summed E-state index contributed by atoms with van der Waals surface area (Å²) in [6.45, 7) is -0.142. The molecule has 0 aliphatic rings. The topological polar surface area (TPSA) is 70.9 Å². The van der Waals surface area contributed by atoms with E-state index in [4.69, 9.17) is 4.74 Å². The van der Waals surface area contributed by atoms with Crippen molar-refractivity contribution in [3.05, 3.63) is 72.3 Å². The van der Waals surface area contributed by atoms with E-state index in [1.54, 1.807) is 24.3 Å². The standard InChI is InChI=1S/C19H16N2O3/c22-18-8-4-3-7-16(18)12-20-21-19(23)13-24-17-10-9-14-5-1-2-6-15(14)11-17/h1-12,22H,13H2,(H,21,23)/b20-12-. The van der Waals surface area contributed by atoms with Crippen molar-refractivity contribution in [2.24, 2.45) is 5.10 Å². The Balaban J connectivity index is 1.54. The highest BCUT2D eigenvalue weighted by Crippen LogP contribution is 2.20. The highest BCUT2D eigenvalue weighted by atomic mass is 16.5. The van der Waals surface area contributed by atoms with Gasteiger partial charge in [-0.2, -0.15) is 5.10 Å². The molecule has 0 atom stereocenters. The molecule has 3 aromatic carbocycles. The molecule has 24 heavy (non-hydrogen) atoms. The van der Waals surface area contributed by atoms with E-state index in [1.807, 2.05) is 42.5 Å². The van der Waals surface area contributed by atoms with E-state index in [1.165, 1.54) is 6.21 Å². The summed E-state index contributed by atoms with van der Waals surface area (Å²) < 4.78 is 5.47. The first-order valence-electron chi connectivity index (χ1n) is 7.44. The second-order valence-corrected chi connectivity index (χ2v) is 5.15. The number of ether oxygens (including phenoxy) is 1. The SMILES string of the molecule is O=C(COc1ccc2ccccc2c1)N/N=C\c1ccccc1O. The molecule has 120 valence electrons. The molecule has 0 saturated heterocycles. The molecule has 2 N–H and O–H groups in total. The van der Waals surface area contributed by atoms with E-state index in [-0.39, 0.29) is 18.3 Å². The van der Waals surface area contributed by atoms with Crippen molar-refractivity contribution in [1.82, 2.24) is 5.43 Å². The summed E-state index contributed by atoms with van der Waals surface area (Å²) in [7, 11) is 0. The highest BCUT2D eigenvalue weighted by molar-refractivity contribution is 5.86. The molecule has 0 fully saturated rings. The first-order chi connectivity index (χ1) is 11.7. The van der Waals surface area contributed by atoms with Crippen LogP contribution >= 0.6 is 0 Å². The van der Waals surface area contributed by atoms with Gasteiger partial charge in [0.05, 0.1) is 6.21 Å². The van der Waals surface area contributed by atoms with Crippen molar-refractivity contribution in [2.45, 2.75) is 0 Å². The normalized spacial score (nSPS) is 10.8. The smallest absolute Gasteiger partial charge is 0.277 e. The van der Waals surface area contributed by atoms with Crippen LogP contribution < -0.4 is 10.2 Å². The summed E-state index contributed by atoms with van der Waals surface area (Å²) in [4.78, 5) is 11.7. The summed E-state index contributed by atoms with van der Waals surface area (Å²) in [5, 5.41) is 15.5. The Bertz CT molecular complexity index is 890. The second-order valence-electron chi connectivity index (χ2n) is 5.15. The molecular weight excluding hydrogens is 304 g/mol. The van der Waals surface area contributed by atoms with E-state index in [0.29, 0.717) is 11.3 Å². The van der Waals surface area contributed by atoms with Crippen molar-refractivity contribution >= 4 is 22.9 Å². The van der Waals surface area contributed by atoms with Gasteiger partial charge in [-0.3, -0.25) is 4.79 Å². The number of nitrogens with one attached hydrogen (secondary N) is 1. The number of aromatic hydroxyl groups is 1. The first kappa shape index (κ1) is 15.6. The molecule has 0 radical (unpaired) electrons. The number of hydrogen-bond donors (Lipinski definition) is 2. The summed E-state index contributed by atoms with van der Waals surface area (Å²) in [6, 6.07) is 20.3. The van der Waals surface area contributed by atoms with Crippen LogP contribution in [0.1, 0.15) is 5.56 Å². The van der Waals surface area contributed by atoms with Crippen LogP contribution in [-0.2, 0) is 4.79 Å². The molecule has 1 amide bonds. The van der Waals surface area contributed by atoms with Crippen molar-refractivity contribution in [2.75, 3.05) is 6.61 Å². The van der Waals surface area contributed by atoms with Crippen molar-refractivity contribution in [3.8, 4) is 11.5 Å². The third-order valence-corrected chi connectivity index (χ3v) is 3.42. The lowest BCUT2D eigenvalue weighted by Crippen LogP contribution is -2.24. The third kappa shape index (κ3) is 3.89. The molecule has 0 aliphatic carbocycles. The van der Waals surface area contributed by atoms with Gasteiger partial charge >= 0.3 is 0 Å². The van der Waals surface area contributed by atoms with Gasteiger partial charge < -0.3 is 9.84 Å². The second kappa shape index (κ2) is 7.28. The molecule has 3 rings (SSSR count). The van der Waals surface area contributed by atoms with Crippen LogP contribution in [-0.4, -0.2) is 23.8 Å². The number of benzene rings is 3. The van der Waals surface area contributed by atoms with Crippen molar-refractivity contribution in [3.63, 3.8) is 0 Å². The summed E-state index contributed by atoms with van der Waals surface area (Å²) >= 11 is 0. The van der Waals surface area contributed by atoms with Gasteiger partial charge in [0.1, 0.15) is 11.5 Å². The van der Waals surface area contributed by atoms with Gasteiger partial charge in [0, 0.05) is 5.56 Å². The zero-order valence-electron chi connectivity index (χ0n) is 12.8. The Labute approximate surface area is 139 Å². The van der Waals surface area contributed by atoms with Gasteiger partial charge in [0.15, 0.2) is 6.61 Å².